The van der Waals surface area contributed by atoms with Gasteiger partial charge in [0.2, 0.25) is 5.91 Å². The third-order valence-electron chi connectivity index (χ3n) is 4.84. The first-order valence-electron chi connectivity index (χ1n) is 8.96. The average Bonchev–Trinajstić information content (AvgIpc) is 3.37. The lowest BCUT2D eigenvalue weighted by atomic mass is 9.83. The monoisotopic (exact) mass is 336 g/mol. The summed E-state index contributed by atoms with van der Waals surface area (Å²) in [6.45, 7) is 10.7. The summed E-state index contributed by atoms with van der Waals surface area (Å²) in [5.41, 5.74) is -0.0305. The number of hydrogen-bond donors (Lipinski definition) is 3. The first-order valence-corrected chi connectivity index (χ1v) is 8.96. The Balaban J connectivity index is 2.06. The maximum Gasteiger partial charge on any atom is 0.246 e. The Morgan fingerprint density at radius 2 is 2.00 bits per heavy atom. The lowest BCUT2D eigenvalue weighted by Gasteiger charge is -2.32. The molecule has 5 heteroatoms. The van der Waals surface area contributed by atoms with E-state index >= 15 is 0 Å². The molecule has 0 aromatic carbocycles. The van der Waals surface area contributed by atoms with Crippen LogP contribution in [0.2, 0.25) is 0 Å². The minimum atomic E-state index is -0.650. The molecule has 0 aromatic rings. The summed E-state index contributed by atoms with van der Waals surface area (Å²) in [4.78, 5) is 12.6. The van der Waals surface area contributed by atoms with Crippen molar-refractivity contribution in [2.24, 2.45) is 11.3 Å². The molecule has 0 radical (unpaired) electrons. The highest BCUT2D eigenvalue weighted by atomic mass is 16.5. The molecule has 1 aliphatic heterocycles. The van der Waals surface area contributed by atoms with Gasteiger partial charge in [0, 0.05) is 11.5 Å². The Morgan fingerprint density at radius 1 is 1.33 bits per heavy atom. The molecule has 1 amide bonds. The van der Waals surface area contributed by atoms with E-state index in [1.54, 1.807) is 0 Å². The highest BCUT2D eigenvalue weighted by molar-refractivity contribution is 5.86. The van der Waals surface area contributed by atoms with E-state index in [1.807, 2.05) is 46.8 Å². The molecule has 1 saturated carbocycles. The van der Waals surface area contributed by atoms with Gasteiger partial charge in [-0.1, -0.05) is 20.8 Å². The lowest BCUT2D eigenvalue weighted by Crippen LogP contribution is -2.53. The summed E-state index contributed by atoms with van der Waals surface area (Å²) >= 11 is 0. The third kappa shape index (κ3) is 4.84. The Morgan fingerprint density at radius 3 is 2.54 bits per heavy atom. The quantitative estimate of drug-likeness (QED) is 0.637. The van der Waals surface area contributed by atoms with Crippen LogP contribution in [0.3, 0.4) is 0 Å². The van der Waals surface area contributed by atoms with Gasteiger partial charge in [-0.15, -0.1) is 0 Å². The Kier molecular flexibility index (Phi) is 5.76. The largest absolute Gasteiger partial charge is 0.471 e. The number of carbonyl (C=O) groups excluding carboxylic acids is 1. The van der Waals surface area contributed by atoms with Gasteiger partial charge in [-0.05, 0) is 57.2 Å². The topological polar surface area (TPSA) is 70.6 Å². The number of aliphatic hydroxyl groups excluding tert-OH is 1. The summed E-state index contributed by atoms with van der Waals surface area (Å²) in [5, 5.41) is 15.9. The standard InChI is InChI=1S/C19H32N2O3/c1-6-15-9-14(18(2,3)12-22)10-16(24-15)21-17(23)19(4,5)20-11-13-7-8-13/h9-10,13,15,20,22H,6-8,11-12H2,1-5H3,(H,21,23). The van der Waals surface area contributed by atoms with E-state index in [1.165, 1.54) is 12.8 Å². The molecule has 0 spiro atoms. The molecule has 1 unspecified atom stereocenters. The van der Waals surface area contributed by atoms with Gasteiger partial charge in [-0.25, -0.2) is 0 Å². The van der Waals surface area contributed by atoms with Gasteiger partial charge in [0.15, 0.2) is 5.88 Å². The van der Waals surface area contributed by atoms with Crippen LogP contribution >= 0.6 is 0 Å². The number of aliphatic hydroxyl groups is 1. The molecule has 5 nitrogen and oxygen atoms in total. The van der Waals surface area contributed by atoms with Crippen LogP contribution in [0.4, 0.5) is 0 Å². The molecule has 1 fully saturated rings. The van der Waals surface area contributed by atoms with Crippen LogP contribution in [0.1, 0.15) is 53.9 Å². The van der Waals surface area contributed by atoms with E-state index in [9.17, 15) is 9.90 Å². The van der Waals surface area contributed by atoms with Crippen LogP contribution in [0.25, 0.3) is 0 Å². The smallest absolute Gasteiger partial charge is 0.246 e. The van der Waals surface area contributed by atoms with Crippen LogP contribution in [-0.4, -0.2) is 35.8 Å². The molecule has 1 aliphatic carbocycles. The second-order valence-electron chi connectivity index (χ2n) is 8.14. The molecule has 0 aromatic heterocycles. The minimum absolute atomic E-state index is 0.0431. The van der Waals surface area contributed by atoms with Gasteiger partial charge in [0.25, 0.3) is 0 Å². The number of nitrogens with one attached hydrogen (secondary N) is 2. The maximum atomic E-state index is 12.6. The number of allylic oxidation sites excluding steroid dienone is 1. The number of rotatable bonds is 8. The van der Waals surface area contributed by atoms with Crippen molar-refractivity contribution in [3.63, 3.8) is 0 Å². The van der Waals surface area contributed by atoms with Crippen LogP contribution in [0, 0.1) is 11.3 Å². The van der Waals surface area contributed by atoms with Crippen LogP contribution < -0.4 is 10.6 Å². The highest BCUT2D eigenvalue weighted by Gasteiger charge is 2.33. The first-order chi connectivity index (χ1) is 11.2. The molecule has 1 heterocycles. The van der Waals surface area contributed by atoms with Gasteiger partial charge in [0.1, 0.15) is 6.10 Å². The summed E-state index contributed by atoms with van der Waals surface area (Å²) in [7, 11) is 0. The van der Waals surface area contributed by atoms with Crippen molar-refractivity contribution < 1.29 is 14.6 Å². The third-order valence-corrected chi connectivity index (χ3v) is 4.84. The fraction of sp³-hybridized carbons (Fsp3) is 0.737. The van der Waals surface area contributed by atoms with Crippen LogP contribution in [0.5, 0.6) is 0 Å². The molecular formula is C19H32N2O3. The number of carbonyl (C=O) groups is 1. The van der Waals surface area contributed by atoms with Crippen molar-refractivity contribution >= 4 is 5.91 Å². The molecule has 24 heavy (non-hydrogen) atoms. The van der Waals surface area contributed by atoms with E-state index in [0.29, 0.717) is 11.8 Å². The Labute approximate surface area is 145 Å². The van der Waals surface area contributed by atoms with Crippen molar-refractivity contribution in [2.75, 3.05) is 13.2 Å². The molecule has 3 N–H and O–H groups in total. The summed E-state index contributed by atoms with van der Waals surface area (Å²) in [6, 6.07) is 0. The molecule has 0 bridgehead atoms. The Bertz CT molecular complexity index is 531. The fourth-order valence-corrected chi connectivity index (χ4v) is 2.47. The molecule has 2 aliphatic rings. The van der Waals surface area contributed by atoms with Crippen molar-refractivity contribution in [1.29, 1.82) is 0 Å². The molecule has 0 saturated heterocycles. The maximum absolute atomic E-state index is 12.6. The van der Waals surface area contributed by atoms with Crippen molar-refractivity contribution in [1.82, 2.24) is 10.6 Å². The SMILES string of the molecule is CCC1C=C(C(C)(C)CO)C=C(NC(=O)C(C)(C)NCC2CC2)O1. The van der Waals surface area contributed by atoms with Crippen molar-refractivity contribution in [2.45, 2.75) is 65.5 Å². The molecule has 136 valence electrons. The summed E-state index contributed by atoms with van der Waals surface area (Å²) in [6.07, 6.45) is 7.08. The molecule has 1 atom stereocenters. The van der Waals surface area contributed by atoms with E-state index in [2.05, 4.69) is 10.6 Å². The van der Waals surface area contributed by atoms with E-state index < -0.39 is 5.54 Å². The van der Waals surface area contributed by atoms with Gasteiger partial charge < -0.3 is 15.2 Å². The normalized spacial score (nSPS) is 21.7. The Hall–Kier alpha value is -1.33. The first kappa shape index (κ1) is 19.0. The number of amides is 1. The average molecular weight is 336 g/mol. The van der Waals surface area contributed by atoms with Gasteiger partial charge in [-0.3, -0.25) is 10.1 Å². The predicted octanol–water partition coefficient (Wildman–Crippen LogP) is 2.48. The van der Waals surface area contributed by atoms with E-state index in [-0.39, 0.29) is 24.0 Å². The molecular weight excluding hydrogens is 304 g/mol. The van der Waals surface area contributed by atoms with E-state index in [0.717, 1.165) is 18.5 Å². The summed E-state index contributed by atoms with van der Waals surface area (Å²) in [5.74, 6) is 1.08. The second kappa shape index (κ2) is 7.28. The van der Waals surface area contributed by atoms with Gasteiger partial charge in [-0.2, -0.15) is 0 Å². The van der Waals surface area contributed by atoms with Gasteiger partial charge >= 0.3 is 0 Å². The van der Waals surface area contributed by atoms with Crippen LogP contribution in [-0.2, 0) is 9.53 Å². The minimum Gasteiger partial charge on any atom is -0.471 e. The fourth-order valence-electron chi connectivity index (χ4n) is 2.47. The second-order valence-corrected chi connectivity index (χ2v) is 8.14. The van der Waals surface area contributed by atoms with Crippen molar-refractivity contribution in [3.05, 3.63) is 23.6 Å². The van der Waals surface area contributed by atoms with Gasteiger partial charge in [0.05, 0.1) is 12.1 Å². The number of hydrogen-bond acceptors (Lipinski definition) is 4. The summed E-state index contributed by atoms with van der Waals surface area (Å²) < 4.78 is 5.85. The zero-order valence-electron chi connectivity index (χ0n) is 15.6. The zero-order chi connectivity index (χ0) is 18.0. The predicted molar refractivity (Wildman–Crippen MR) is 95.1 cm³/mol. The van der Waals surface area contributed by atoms with E-state index in [4.69, 9.17) is 4.74 Å². The highest BCUT2D eigenvalue weighted by Crippen LogP contribution is 2.32. The number of ether oxygens (including phenoxy) is 1. The molecule has 2 rings (SSSR count). The van der Waals surface area contributed by atoms with Crippen LogP contribution in [0.15, 0.2) is 23.6 Å². The van der Waals surface area contributed by atoms with Crippen molar-refractivity contribution in [3.8, 4) is 0 Å². The zero-order valence-corrected chi connectivity index (χ0v) is 15.6. The lowest BCUT2D eigenvalue weighted by molar-refractivity contribution is -0.126.